The van der Waals surface area contributed by atoms with Crippen molar-refractivity contribution in [2.24, 2.45) is 0 Å². The van der Waals surface area contributed by atoms with Crippen LogP contribution in [0.25, 0.3) is 123 Å². The fraction of sp³-hybridized carbons (Fsp3) is 0. The minimum Gasteiger partial charge on any atom is -0.456 e. The molecule has 6 nitrogen and oxygen atoms in total. The molecule has 0 bridgehead atoms. The summed E-state index contributed by atoms with van der Waals surface area (Å²) in [5, 5.41) is 1.55. The lowest BCUT2D eigenvalue weighted by Crippen LogP contribution is -2.06. The minimum absolute atomic E-state index is 0.168. The Kier molecular flexibility index (Phi) is 9.78. The maximum atomic E-state index is 15.8. The van der Waals surface area contributed by atoms with Crippen molar-refractivity contribution in [1.29, 1.82) is 0 Å². The predicted octanol–water partition coefficient (Wildman–Crippen LogP) is 15.9. The van der Waals surface area contributed by atoms with Gasteiger partial charge in [0.15, 0.2) is 17.5 Å². The van der Waals surface area contributed by atoms with Gasteiger partial charge < -0.3 is 4.42 Å². The van der Waals surface area contributed by atoms with E-state index in [1.54, 1.807) is 18.2 Å². The van der Waals surface area contributed by atoms with Gasteiger partial charge in [0.2, 0.25) is 9.84 Å². The van der Waals surface area contributed by atoms with Crippen LogP contribution in [0.2, 0.25) is 0 Å². The normalized spacial score (nSPS) is 12.5. The molecule has 1 aliphatic heterocycles. The third-order valence-corrected chi connectivity index (χ3v) is 15.2. The smallest absolute Gasteiger partial charge is 0.207 e. The number of benzene rings is 10. The third kappa shape index (κ3) is 7.02. The highest BCUT2D eigenvalue weighted by Gasteiger charge is 2.31. The second-order valence-corrected chi connectivity index (χ2v) is 19.4. The second-order valence-electron chi connectivity index (χ2n) is 17.5. The Morgan fingerprint density at radius 2 is 0.729 bits per heavy atom. The monoisotopic (exact) mass is 917 g/mol. The van der Waals surface area contributed by atoms with Crippen LogP contribution < -0.4 is 0 Å². The quantitative estimate of drug-likeness (QED) is 0.171. The number of para-hydroxylation sites is 1. The average Bonchev–Trinajstić information content (AvgIpc) is 3.80. The van der Waals surface area contributed by atoms with E-state index in [4.69, 9.17) is 19.4 Å². The summed E-state index contributed by atoms with van der Waals surface area (Å²) in [6, 6.07) is 78.3. The lowest BCUT2D eigenvalue weighted by Gasteiger charge is -2.18. The van der Waals surface area contributed by atoms with Crippen molar-refractivity contribution < 1.29 is 12.8 Å². The van der Waals surface area contributed by atoms with Crippen molar-refractivity contribution in [3.05, 3.63) is 237 Å². The highest BCUT2D eigenvalue weighted by atomic mass is 32.2. The molecule has 0 saturated carbocycles. The Morgan fingerprint density at radius 1 is 0.271 bits per heavy atom. The Balaban J connectivity index is 1.11. The number of hydrogen-bond acceptors (Lipinski definition) is 6. The summed E-state index contributed by atoms with van der Waals surface area (Å²) in [5.41, 5.74) is 14.1. The molecule has 2 aromatic heterocycles. The number of nitrogens with zero attached hydrogens (tertiary/aromatic N) is 3. The van der Waals surface area contributed by atoms with Gasteiger partial charge in [0.1, 0.15) is 11.2 Å². The van der Waals surface area contributed by atoms with Crippen LogP contribution in [0.15, 0.2) is 251 Å². The van der Waals surface area contributed by atoms with Crippen molar-refractivity contribution in [3.8, 4) is 101 Å². The van der Waals surface area contributed by atoms with E-state index in [9.17, 15) is 0 Å². The number of furan rings is 1. The molecule has 3 heterocycles. The molecule has 0 radical (unpaired) electrons. The van der Waals surface area contributed by atoms with E-state index >= 15 is 8.42 Å². The first-order valence-electron chi connectivity index (χ1n) is 23.2. The Labute approximate surface area is 404 Å². The molecular weight excluding hydrogens is 879 g/mol. The molecule has 0 atom stereocenters. The van der Waals surface area contributed by atoms with Gasteiger partial charge in [-0.15, -0.1) is 0 Å². The standard InChI is InChI=1S/C63H39N3O3S/c67-70(68)59-31-17-15-29-53(59)50-27-13-12-25-48(50)47-24-10-11-26-49(47)51-33-32-43(37-54(51)56-38-58-55(39-60(56)70)52-28-14-16-30-57(52)69-58)62-64-61(42-22-8-3-9-23-42)65-63(66-62)46-35-44(40-18-4-1-5-19-40)34-45(36-46)41-20-6-2-7-21-41/h1-39H. The molecule has 0 fully saturated rings. The maximum Gasteiger partial charge on any atom is 0.207 e. The van der Waals surface area contributed by atoms with Gasteiger partial charge in [-0.05, 0) is 104 Å². The molecule has 0 spiro atoms. The zero-order chi connectivity index (χ0) is 46.8. The van der Waals surface area contributed by atoms with Crippen molar-refractivity contribution >= 4 is 31.8 Å². The minimum atomic E-state index is -4.23. The molecular formula is C63H39N3O3S. The van der Waals surface area contributed by atoms with E-state index in [0.717, 1.165) is 66.6 Å². The van der Waals surface area contributed by atoms with E-state index < -0.39 is 9.84 Å². The van der Waals surface area contributed by atoms with Crippen LogP contribution in [-0.2, 0) is 9.84 Å². The van der Waals surface area contributed by atoms with Crippen LogP contribution in [0.1, 0.15) is 0 Å². The molecule has 330 valence electrons. The van der Waals surface area contributed by atoms with Crippen molar-refractivity contribution in [3.63, 3.8) is 0 Å². The molecule has 0 saturated heterocycles. The van der Waals surface area contributed by atoms with E-state index in [1.807, 2.05) is 152 Å². The number of rotatable bonds is 5. The van der Waals surface area contributed by atoms with E-state index in [-0.39, 0.29) is 9.79 Å². The molecule has 0 aliphatic carbocycles. The molecule has 7 heteroatoms. The molecule has 10 aromatic carbocycles. The van der Waals surface area contributed by atoms with Crippen LogP contribution in [0, 0.1) is 0 Å². The van der Waals surface area contributed by atoms with Crippen LogP contribution >= 0.6 is 0 Å². The highest BCUT2D eigenvalue weighted by molar-refractivity contribution is 7.91. The van der Waals surface area contributed by atoms with Gasteiger partial charge >= 0.3 is 0 Å². The zero-order valence-corrected chi connectivity index (χ0v) is 38.3. The number of aromatic nitrogens is 3. The van der Waals surface area contributed by atoms with Gasteiger partial charge in [0.25, 0.3) is 0 Å². The highest BCUT2D eigenvalue weighted by Crippen LogP contribution is 2.49. The van der Waals surface area contributed by atoms with Crippen LogP contribution in [0.5, 0.6) is 0 Å². The molecule has 0 N–H and O–H groups in total. The second kappa shape index (κ2) is 16.6. The predicted molar refractivity (Wildman–Crippen MR) is 281 cm³/mol. The van der Waals surface area contributed by atoms with Crippen molar-refractivity contribution in [2.75, 3.05) is 0 Å². The first-order valence-corrected chi connectivity index (χ1v) is 24.6. The molecule has 70 heavy (non-hydrogen) atoms. The summed E-state index contributed by atoms with van der Waals surface area (Å²) in [5.74, 6) is 1.44. The van der Waals surface area contributed by atoms with Crippen LogP contribution in [0.4, 0.5) is 0 Å². The summed E-state index contributed by atoms with van der Waals surface area (Å²) in [6.45, 7) is 0. The van der Waals surface area contributed by atoms with Gasteiger partial charge in [0, 0.05) is 38.6 Å². The number of fused-ring (bicyclic) bond motifs is 12. The summed E-state index contributed by atoms with van der Waals surface area (Å²) in [7, 11) is -4.23. The third-order valence-electron chi connectivity index (χ3n) is 13.3. The summed E-state index contributed by atoms with van der Waals surface area (Å²) in [6.07, 6.45) is 0. The fourth-order valence-corrected chi connectivity index (χ4v) is 11.7. The summed E-state index contributed by atoms with van der Waals surface area (Å²) in [4.78, 5) is 16.1. The van der Waals surface area contributed by atoms with Crippen LogP contribution in [0.3, 0.4) is 0 Å². The maximum absolute atomic E-state index is 15.8. The first kappa shape index (κ1) is 41.2. The fourth-order valence-electron chi connectivity index (χ4n) is 9.97. The Bertz CT molecular complexity index is 4070. The topological polar surface area (TPSA) is 86.0 Å². The molecule has 0 amide bonds. The first-order chi connectivity index (χ1) is 34.4. The zero-order valence-electron chi connectivity index (χ0n) is 37.5. The van der Waals surface area contributed by atoms with Gasteiger partial charge in [-0.3, -0.25) is 0 Å². The largest absolute Gasteiger partial charge is 0.456 e. The lowest BCUT2D eigenvalue weighted by molar-refractivity contribution is 0.596. The van der Waals surface area contributed by atoms with Gasteiger partial charge in [-0.2, -0.15) is 0 Å². The molecule has 12 aromatic rings. The lowest BCUT2D eigenvalue weighted by atomic mass is 9.86. The van der Waals surface area contributed by atoms with E-state index in [2.05, 4.69) is 66.7 Å². The van der Waals surface area contributed by atoms with Gasteiger partial charge in [0.05, 0.1) is 9.79 Å². The molecule has 13 rings (SSSR count). The number of sulfone groups is 1. The average molecular weight is 918 g/mol. The van der Waals surface area contributed by atoms with E-state index in [0.29, 0.717) is 56.3 Å². The molecule has 0 unspecified atom stereocenters. The SMILES string of the molecule is O=S1(=O)c2ccccc2-c2ccccc2-c2ccccc2-c2ccc(-c3nc(-c4ccccc4)nc(-c4cc(-c5ccccc5)cc(-c5ccccc5)c4)n3)cc2-c2cc3oc4ccccc4c3cc21. The van der Waals surface area contributed by atoms with Crippen LogP contribution in [-0.4, -0.2) is 23.4 Å². The van der Waals surface area contributed by atoms with Crippen molar-refractivity contribution in [1.82, 2.24) is 15.0 Å². The summed E-state index contributed by atoms with van der Waals surface area (Å²) >= 11 is 0. The summed E-state index contributed by atoms with van der Waals surface area (Å²) < 4.78 is 38.1. The van der Waals surface area contributed by atoms with Crippen molar-refractivity contribution in [2.45, 2.75) is 9.79 Å². The van der Waals surface area contributed by atoms with E-state index in [1.165, 1.54) is 0 Å². The Morgan fingerprint density at radius 3 is 1.34 bits per heavy atom. The molecule has 1 aliphatic rings. The Hall–Kier alpha value is -9.04. The number of hydrogen-bond donors (Lipinski definition) is 0. The van der Waals surface area contributed by atoms with Gasteiger partial charge in [-0.1, -0.05) is 188 Å². The van der Waals surface area contributed by atoms with Gasteiger partial charge in [-0.25, -0.2) is 23.4 Å².